The molecule has 0 saturated carbocycles. The Morgan fingerprint density at radius 2 is 1.97 bits per heavy atom. The fraction of sp³-hybridized carbons (Fsp3) is 0.296. The Labute approximate surface area is 210 Å². The van der Waals surface area contributed by atoms with E-state index in [1.54, 1.807) is 29.7 Å². The number of thiophene rings is 1. The SMILES string of the molecule is O=S(=O)(c1cccc2cccnc12)N(Cc1cccc(OCCc2cccs2)c1)C[C@H]1CCCO1. The average Bonchev–Trinajstić information content (AvgIpc) is 3.58. The first-order valence-corrected chi connectivity index (χ1v) is 14.1. The van der Waals surface area contributed by atoms with Gasteiger partial charge < -0.3 is 9.47 Å². The maximum absolute atomic E-state index is 13.9. The van der Waals surface area contributed by atoms with Gasteiger partial charge in [0.05, 0.1) is 18.2 Å². The number of benzene rings is 2. The monoisotopic (exact) mass is 508 g/mol. The largest absolute Gasteiger partial charge is 0.493 e. The zero-order valence-electron chi connectivity index (χ0n) is 19.4. The van der Waals surface area contributed by atoms with Gasteiger partial charge in [0.25, 0.3) is 0 Å². The minimum atomic E-state index is -3.82. The lowest BCUT2D eigenvalue weighted by molar-refractivity contribution is 0.0926. The first-order valence-electron chi connectivity index (χ1n) is 11.8. The molecule has 8 heteroatoms. The quantitative estimate of drug-likeness (QED) is 0.291. The molecule has 2 aromatic heterocycles. The Kier molecular flexibility index (Phi) is 7.43. The van der Waals surface area contributed by atoms with E-state index in [0.717, 1.165) is 36.0 Å². The van der Waals surface area contributed by atoms with E-state index in [9.17, 15) is 8.42 Å². The lowest BCUT2D eigenvalue weighted by atomic mass is 10.2. The normalized spacial score (nSPS) is 16.2. The van der Waals surface area contributed by atoms with E-state index in [0.29, 0.717) is 25.3 Å². The van der Waals surface area contributed by atoms with Crippen molar-refractivity contribution in [3.8, 4) is 5.75 Å². The molecule has 182 valence electrons. The van der Waals surface area contributed by atoms with Crippen molar-refractivity contribution in [2.45, 2.75) is 36.8 Å². The fourth-order valence-electron chi connectivity index (χ4n) is 4.35. The molecule has 0 radical (unpaired) electrons. The number of hydrogen-bond donors (Lipinski definition) is 0. The van der Waals surface area contributed by atoms with E-state index in [2.05, 4.69) is 16.4 Å². The molecule has 1 aliphatic heterocycles. The minimum absolute atomic E-state index is 0.113. The van der Waals surface area contributed by atoms with E-state index in [-0.39, 0.29) is 17.5 Å². The molecule has 0 unspecified atom stereocenters. The zero-order chi connectivity index (χ0) is 24.1. The van der Waals surface area contributed by atoms with Gasteiger partial charge in [-0.25, -0.2) is 8.42 Å². The first kappa shape index (κ1) is 23.9. The van der Waals surface area contributed by atoms with Gasteiger partial charge in [-0.2, -0.15) is 4.31 Å². The molecule has 1 fully saturated rings. The Morgan fingerprint density at radius 3 is 2.80 bits per heavy atom. The van der Waals surface area contributed by atoms with Gasteiger partial charge in [0.15, 0.2) is 0 Å². The van der Waals surface area contributed by atoms with Crippen LogP contribution >= 0.6 is 11.3 Å². The highest BCUT2D eigenvalue weighted by Gasteiger charge is 2.31. The topological polar surface area (TPSA) is 68.7 Å². The Hall–Kier alpha value is -2.78. The maximum atomic E-state index is 13.9. The van der Waals surface area contributed by atoms with Gasteiger partial charge in [-0.05, 0) is 54.1 Å². The molecule has 0 aliphatic carbocycles. The summed E-state index contributed by atoms with van der Waals surface area (Å²) in [5, 5.41) is 2.86. The molecule has 1 atom stereocenters. The van der Waals surface area contributed by atoms with Crippen molar-refractivity contribution < 1.29 is 17.9 Å². The minimum Gasteiger partial charge on any atom is -0.493 e. The van der Waals surface area contributed by atoms with Crippen LogP contribution < -0.4 is 4.74 Å². The molecule has 0 spiro atoms. The van der Waals surface area contributed by atoms with Crippen LogP contribution in [0.15, 0.2) is 83.2 Å². The molecule has 0 N–H and O–H groups in total. The number of fused-ring (bicyclic) bond motifs is 1. The van der Waals surface area contributed by atoms with Crippen LogP contribution in [0.4, 0.5) is 0 Å². The van der Waals surface area contributed by atoms with Crippen LogP contribution in [0, 0.1) is 0 Å². The predicted octanol–water partition coefficient (Wildman–Crippen LogP) is 5.29. The molecule has 1 aliphatic rings. The molecule has 0 amide bonds. The molecule has 35 heavy (non-hydrogen) atoms. The Balaban J connectivity index is 1.39. The summed E-state index contributed by atoms with van der Waals surface area (Å²) in [4.78, 5) is 5.88. The number of pyridine rings is 1. The third-order valence-electron chi connectivity index (χ3n) is 6.10. The van der Waals surface area contributed by atoms with Crippen molar-refractivity contribution in [2.24, 2.45) is 0 Å². The summed E-state index contributed by atoms with van der Waals surface area (Å²) in [5.74, 6) is 0.736. The van der Waals surface area contributed by atoms with Crippen LogP contribution in [0.2, 0.25) is 0 Å². The lowest BCUT2D eigenvalue weighted by Crippen LogP contribution is -2.37. The van der Waals surface area contributed by atoms with Crippen molar-refractivity contribution in [3.05, 3.63) is 88.7 Å². The maximum Gasteiger partial charge on any atom is 0.245 e. The number of ether oxygens (including phenoxy) is 2. The summed E-state index contributed by atoms with van der Waals surface area (Å²) in [7, 11) is -3.82. The summed E-state index contributed by atoms with van der Waals surface area (Å²) in [6.45, 7) is 1.77. The standard InChI is InChI=1S/C27H28N2O4S2/c30-35(31,26-12-2-7-22-8-3-14-28-27(22)26)29(20-24-10-4-15-32-24)19-21-6-1-9-23(18-21)33-16-13-25-11-5-17-34-25/h1-3,5-9,11-12,14,17-18,24H,4,10,13,15-16,19-20H2/t24-/m1/s1. The second kappa shape index (κ2) is 10.9. The molecule has 5 rings (SSSR count). The van der Waals surface area contributed by atoms with Gasteiger partial charge in [0, 0.05) is 42.6 Å². The van der Waals surface area contributed by atoms with Gasteiger partial charge in [-0.15, -0.1) is 11.3 Å². The van der Waals surface area contributed by atoms with E-state index in [1.165, 1.54) is 9.18 Å². The lowest BCUT2D eigenvalue weighted by Gasteiger charge is -2.25. The number of rotatable bonds is 10. The van der Waals surface area contributed by atoms with Crippen molar-refractivity contribution in [2.75, 3.05) is 19.8 Å². The molecule has 3 heterocycles. The number of sulfonamides is 1. The van der Waals surface area contributed by atoms with Crippen LogP contribution in [0.3, 0.4) is 0 Å². The fourth-order valence-corrected chi connectivity index (χ4v) is 6.66. The highest BCUT2D eigenvalue weighted by Crippen LogP contribution is 2.27. The van der Waals surface area contributed by atoms with Crippen LogP contribution in [-0.4, -0.2) is 43.6 Å². The number of hydrogen-bond acceptors (Lipinski definition) is 6. The third-order valence-corrected chi connectivity index (χ3v) is 8.88. The highest BCUT2D eigenvalue weighted by atomic mass is 32.2. The first-order chi connectivity index (χ1) is 17.1. The molecule has 2 aromatic carbocycles. The molecule has 0 bridgehead atoms. The van der Waals surface area contributed by atoms with E-state index in [4.69, 9.17) is 9.47 Å². The zero-order valence-corrected chi connectivity index (χ0v) is 21.0. The van der Waals surface area contributed by atoms with Crippen LogP contribution in [0.1, 0.15) is 23.3 Å². The van der Waals surface area contributed by atoms with Crippen LogP contribution in [-0.2, 0) is 27.7 Å². The molecular weight excluding hydrogens is 480 g/mol. The molecule has 4 aromatic rings. The highest BCUT2D eigenvalue weighted by molar-refractivity contribution is 7.89. The summed E-state index contributed by atoms with van der Waals surface area (Å²) in [5.41, 5.74) is 1.35. The summed E-state index contributed by atoms with van der Waals surface area (Å²) < 4.78 is 41.2. The summed E-state index contributed by atoms with van der Waals surface area (Å²) in [6, 6.07) is 20.8. The smallest absolute Gasteiger partial charge is 0.245 e. The number of para-hydroxylation sites is 1. The summed E-state index contributed by atoms with van der Waals surface area (Å²) in [6.07, 6.45) is 4.16. The van der Waals surface area contributed by atoms with Crippen LogP contribution in [0.25, 0.3) is 10.9 Å². The van der Waals surface area contributed by atoms with Crippen molar-refractivity contribution in [3.63, 3.8) is 0 Å². The summed E-state index contributed by atoms with van der Waals surface area (Å²) >= 11 is 1.72. The van der Waals surface area contributed by atoms with Gasteiger partial charge in [0.2, 0.25) is 10.0 Å². The van der Waals surface area contributed by atoms with Gasteiger partial charge in [-0.3, -0.25) is 4.98 Å². The average molecular weight is 509 g/mol. The van der Waals surface area contributed by atoms with Crippen LogP contribution in [0.5, 0.6) is 5.75 Å². The van der Waals surface area contributed by atoms with Gasteiger partial charge in [0.1, 0.15) is 10.6 Å². The van der Waals surface area contributed by atoms with Crippen molar-refractivity contribution in [1.82, 2.24) is 9.29 Å². The van der Waals surface area contributed by atoms with Gasteiger partial charge in [-0.1, -0.05) is 36.4 Å². The molecular formula is C27H28N2O4S2. The van der Waals surface area contributed by atoms with Crippen molar-refractivity contribution in [1.29, 1.82) is 0 Å². The predicted molar refractivity (Wildman–Crippen MR) is 138 cm³/mol. The van der Waals surface area contributed by atoms with E-state index < -0.39 is 10.0 Å². The molecule has 6 nitrogen and oxygen atoms in total. The van der Waals surface area contributed by atoms with E-state index >= 15 is 0 Å². The van der Waals surface area contributed by atoms with E-state index in [1.807, 2.05) is 48.5 Å². The second-order valence-corrected chi connectivity index (χ2v) is 11.5. The van der Waals surface area contributed by atoms with Crippen molar-refractivity contribution >= 4 is 32.3 Å². The molecule has 1 saturated heterocycles. The second-order valence-electron chi connectivity index (χ2n) is 8.59. The number of aromatic nitrogens is 1. The Bertz CT molecular complexity index is 1360. The number of nitrogens with zero attached hydrogens (tertiary/aromatic N) is 2. The Morgan fingerprint density at radius 1 is 1.09 bits per heavy atom. The third kappa shape index (κ3) is 5.73. The van der Waals surface area contributed by atoms with Gasteiger partial charge >= 0.3 is 0 Å².